The van der Waals surface area contributed by atoms with Gasteiger partial charge < -0.3 is 14.2 Å². The van der Waals surface area contributed by atoms with Crippen LogP contribution in [0.25, 0.3) is 10.9 Å². The molecule has 0 aliphatic carbocycles. The van der Waals surface area contributed by atoms with Gasteiger partial charge in [-0.25, -0.2) is 14.2 Å². The minimum absolute atomic E-state index is 0.155. The molecule has 0 spiro atoms. The number of aromatic nitrogens is 1. The normalized spacial score (nSPS) is 10.7. The second kappa shape index (κ2) is 7.84. The number of nitrogens with zero attached hydrogens (tertiary/aromatic N) is 1. The van der Waals surface area contributed by atoms with E-state index in [2.05, 4.69) is 0 Å². The number of rotatable bonds is 5. The SMILES string of the molecule is COCc1cc2ccc(C(=O)OC)cc2n1C(=O)OCc1ccccc1. The highest BCUT2D eigenvalue weighted by Crippen LogP contribution is 2.23. The van der Waals surface area contributed by atoms with Gasteiger partial charge >= 0.3 is 12.1 Å². The van der Waals surface area contributed by atoms with Gasteiger partial charge in [-0.15, -0.1) is 0 Å². The van der Waals surface area contributed by atoms with Gasteiger partial charge in [-0.05, 0) is 23.8 Å². The maximum atomic E-state index is 12.7. The van der Waals surface area contributed by atoms with Gasteiger partial charge in [0.2, 0.25) is 0 Å². The summed E-state index contributed by atoms with van der Waals surface area (Å²) in [5.74, 6) is -0.467. The molecule has 26 heavy (non-hydrogen) atoms. The maximum absolute atomic E-state index is 12.7. The third-order valence-electron chi connectivity index (χ3n) is 3.98. The Morgan fingerprint density at radius 3 is 2.42 bits per heavy atom. The Labute approximate surface area is 150 Å². The van der Waals surface area contributed by atoms with Crippen molar-refractivity contribution in [1.29, 1.82) is 0 Å². The summed E-state index contributed by atoms with van der Waals surface area (Å²) in [5.41, 5.74) is 2.46. The topological polar surface area (TPSA) is 66.8 Å². The van der Waals surface area contributed by atoms with E-state index in [1.165, 1.54) is 11.7 Å². The molecule has 0 radical (unpaired) electrons. The number of ether oxygens (including phenoxy) is 3. The van der Waals surface area contributed by atoms with Crippen LogP contribution in [0.5, 0.6) is 0 Å². The minimum Gasteiger partial charge on any atom is -0.465 e. The lowest BCUT2D eigenvalue weighted by atomic mass is 10.1. The predicted octanol–water partition coefficient (Wildman–Crippen LogP) is 3.76. The van der Waals surface area contributed by atoms with Crippen LogP contribution in [0.2, 0.25) is 0 Å². The third-order valence-corrected chi connectivity index (χ3v) is 3.98. The molecule has 0 saturated carbocycles. The van der Waals surface area contributed by atoms with Gasteiger partial charge in [0, 0.05) is 12.5 Å². The highest BCUT2D eigenvalue weighted by atomic mass is 16.5. The molecule has 1 aromatic heterocycles. The van der Waals surface area contributed by atoms with Crippen molar-refractivity contribution in [2.24, 2.45) is 0 Å². The zero-order chi connectivity index (χ0) is 18.5. The fourth-order valence-electron chi connectivity index (χ4n) is 2.76. The van der Waals surface area contributed by atoms with Crippen LogP contribution in [0, 0.1) is 0 Å². The lowest BCUT2D eigenvalue weighted by Crippen LogP contribution is -2.16. The largest absolute Gasteiger partial charge is 0.465 e. The highest BCUT2D eigenvalue weighted by Gasteiger charge is 2.18. The molecule has 6 heteroatoms. The van der Waals surface area contributed by atoms with E-state index in [9.17, 15) is 9.59 Å². The average molecular weight is 353 g/mol. The van der Waals surface area contributed by atoms with E-state index in [0.717, 1.165) is 10.9 Å². The summed E-state index contributed by atoms with van der Waals surface area (Å²) in [6.45, 7) is 0.394. The van der Waals surface area contributed by atoms with E-state index in [4.69, 9.17) is 14.2 Å². The first-order valence-corrected chi connectivity index (χ1v) is 8.06. The molecular formula is C20H19NO5. The van der Waals surface area contributed by atoms with Gasteiger partial charge in [0.1, 0.15) is 6.61 Å². The molecule has 3 aromatic rings. The van der Waals surface area contributed by atoms with Crippen LogP contribution in [0.3, 0.4) is 0 Å². The zero-order valence-corrected chi connectivity index (χ0v) is 14.6. The van der Waals surface area contributed by atoms with Gasteiger partial charge in [-0.1, -0.05) is 36.4 Å². The Balaban J connectivity index is 1.96. The number of hydrogen-bond acceptors (Lipinski definition) is 5. The van der Waals surface area contributed by atoms with Crippen molar-refractivity contribution in [3.63, 3.8) is 0 Å². The second-order valence-corrected chi connectivity index (χ2v) is 5.71. The van der Waals surface area contributed by atoms with Gasteiger partial charge in [0.15, 0.2) is 0 Å². The third kappa shape index (κ3) is 3.60. The first kappa shape index (κ1) is 17.7. The molecule has 0 fully saturated rings. The van der Waals surface area contributed by atoms with E-state index < -0.39 is 12.1 Å². The number of hydrogen-bond donors (Lipinski definition) is 0. The molecule has 134 valence electrons. The standard InChI is InChI=1S/C20H19NO5/c1-24-13-17-10-15-8-9-16(19(22)25-2)11-18(15)21(17)20(23)26-12-14-6-4-3-5-7-14/h3-11H,12-13H2,1-2H3. The summed E-state index contributed by atoms with van der Waals surface area (Å²) in [7, 11) is 2.87. The molecule has 0 unspecified atom stereocenters. The van der Waals surface area contributed by atoms with Crippen LogP contribution in [0.1, 0.15) is 21.6 Å². The smallest absolute Gasteiger partial charge is 0.419 e. The van der Waals surface area contributed by atoms with Gasteiger partial charge in [-0.2, -0.15) is 0 Å². The molecule has 3 rings (SSSR count). The van der Waals surface area contributed by atoms with Crippen molar-refractivity contribution in [3.8, 4) is 0 Å². The van der Waals surface area contributed by atoms with Crippen LogP contribution in [0.4, 0.5) is 4.79 Å². The lowest BCUT2D eigenvalue weighted by Gasteiger charge is -2.10. The first-order valence-electron chi connectivity index (χ1n) is 8.06. The Hall–Kier alpha value is -3.12. The number of benzene rings is 2. The molecule has 0 amide bonds. The predicted molar refractivity (Wildman–Crippen MR) is 96.0 cm³/mol. The molecule has 0 atom stereocenters. The van der Waals surface area contributed by atoms with Crippen LogP contribution in [0.15, 0.2) is 54.6 Å². The van der Waals surface area contributed by atoms with Crippen LogP contribution in [-0.2, 0) is 27.4 Å². The molecule has 0 aliphatic rings. The van der Waals surface area contributed by atoms with Crippen molar-refractivity contribution >= 4 is 23.0 Å². The van der Waals surface area contributed by atoms with Gasteiger partial charge in [-0.3, -0.25) is 0 Å². The molecule has 2 aromatic carbocycles. The molecule has 1 heterocycles. The van der Waals surface area contributed by atoms with Crippen molar-refractivity contribution in [3.05, 3.63) is 71.4 Å². The van der Waals surface area contributed by atoms with Crippen molar-refractivity contribution in [2.75, 3.05) is 14.2 Å². The number of carbonyl (C=O) groups excluding carboxylic acids is 2. The minimum atomic E-state index is -0.530. The average Bonchev–Trinajstić information content (AvgIpc) is 3.03. The quantitative estimate of drug-likeness (QED) is 0.654. The highest BCUT2D eigenvalue weighted by molar-refractivity contribution is 5.97. The van der Waals surface area contributed by atoms with E-state index in [0.29, 0.717) is 16.8 Å². The Kier molecular flexibility index (Phi) is 5.34. The molecule has 0 saturated heterocycles. The molecule has 0 aliphatic heterocycles. The first-order chi connectivity index (χ1) is 12.6. The maximum Gasteiger partial charge on any atom is 0.419 e. The fourth-order valence-corrected chi connectivity index (χ4v) is 2.76. The van der Waals surface area contributed by atoms with Crippen LogP contribution >= 0.6 is 0 Å². The van der Waals surface area contributed by atoms with E-state index in [1.807, 2.05) is 36.4 Å². The van der Waals surface area contributed by atoms with Gasteiger partial charge in [0.25, 0.3) is 0 Å². The summed E-state index contributed by atoms with van der Waals surface area (Å²) in [6, 6.07) is 16.3. The number of methoxy groups -OCH3 is 2. The van der Waals surface area contributed by atoms with E-state index in [1.54, 1.807) is 25.3 Å². The molecule has 0 bridgehead atoms. The molecule has 6 nitrogen and oxygen atoms in total. The fraction of sp³-hybridized carbons (Fsp3) is 0.200. The summed E-state index contributed by atoms with van der Waals surface area (Å²) in [4.78, 5) is 24.5. The Morgan fingerprint density at radius 2 is 1.73 bits per heavy atom. The van der Waals surface area contributed by atoms with Crippen molar-refractivity contribution < 1.29 is 23.8 Å². The zero-order valence-electron chi connectivity index (χ0n) is 14.6. The lowest BCUT2D eigenvalue weighted by molar-refractivity contribution is 0.0600. The summed E-state index contributed by atoms with van der Waals surface area (Å²) >= 11 is 0. The summed E-state index contributed by atoms with van der Waals surface area (Å²) in [6.07, 6.45) is -0.530. The second-order valence-electron chi connectivity index (χ2n) is 5.71. The van der Waals surface area contributed by atoms with Crippen molar-refractivity contribution in [1.82, 2.24) is 4.57 Å². The summed E-state index contributed by atoms with van der Waals surface area (Å²) < 4.78 is 16.8. The van der Waals surface area contributed by atoms with Crippen molar-refractivity contribution in [2.45, 2.75) is 13.2 Å². The van der Waals surface area contributed by atoms with E-state index in [-0.39, 0.29) is 13.2 Å². The van der Waals surface area contributed by atoms with Gasteiger partial charge in [0.05, 0.1) is 30.5 Å². The number of esters is 1. The van der Waals surface area contributed by atoms with E-state index >= 15 is 0 Å². The Bertz CT molecular complexity index is 930. The molecule has 0 N–H and O–H groups in total. The van der Waals surface area contributed by atoms with Crippen LogP contribution in [-0.4, -0.2) is 30.8 Å². The number of carbonyl (C=O) groups is 2. The Morgan fingerprint density at radius 1 is 0.962 bits per heavy atom. The van der Waals surface area contributed by atoms with Crippen LogP contribution < -0.4 is 0 Å². The summed E-state index contributed by atoms with van der Waals surface area (Å²) in [5, 5.41) is 0.807. The number of fused-ring (bicyclic) bond motifs is 1. The molecular weight excluding hydrogens is 334 g/mol. The monoisotopic (exact) mass is 353 g/mol.